The number of fused-ring (bicyclic) bond motifs is 1. The molecule has 0 radical (unpaired) electrons. The molecule has 2 aromatic carbocycles. The van der Waals surface area contributed by atoms with Crippen LogP contribution in [0.5, 0.6) is 0 Å². The standard InChI is InChI=1S/C24H26ClN3O3S2/c1-33(30,31)19-8-9-20-21(16-19)32-23(26-20)28-14-12-27(13-15-28)22(29)24(10-2-3-11-24)17-4-6-18(25)7-5-17/h4-9,16H,2-3,10-15H2,1H3. The number of piperazine rings is 1. The fraction of sp³-hybridized carbons (Fsp3) is 0.417. The van der Waals surface area contributed by atoms with Gasteiger partial charge in [0.2, 0.25) is 5.91 Å². The summed E-state index contributed by atoms with van der Waals surface area (Å²) < 4.78 is 24.6. The first-order valence-electron chi connectivity index (χ1n) is 11.2. The second kappa shape index (κ2) is 8.56. The third kappa shape index (κ3) is 4.24. The van der Waals surface area contributed by atoms with Crippen molar-refractivity contribution in [1.29, 1.82) is 0 Å². The maximum absolute atomic E-state index is 13.7. The number of thiazole rings is 1. The summed E-state index contributed by atoms with van der Waals surface area (Å²) in [6.07, 6.45) is 5.11. The number of anilines is 1. The Hall–Kier alpha value is -2.16. The number of rotatable bonds is 4. The number of sulfone groups is 1. The largest absolute Gasteiger partial charge is 0.345 e. The number of carbonyl (C=O) groups excluding carboxylic acids is 1. The van der Waals surface area contributed by atoms with Crippen molar-refractivity contribution in [1.82, 2.24) is 9.88 Å². The number of halogens is 1. The van der Waals surface area contributed by atoms with E-state index in [1.807, 2.05) is 29.2 Å². The van der Waals surface area contributed by atoms with Crippen LogP contribution in [0.1, 0.15) is 31.2 Å². The fourth-order valence-electron chi connectivity index (χ4n) is 5.04. The van der Waals surface area contributed by atoms with Gasteiger partial charge >= 0.3 is 0 Å². The van der Waals surface area contributed by atoms with Gasteiger partial charge in [-0.15, -0.1) is 0 Å². The summed E-state index contributed by atoms with van der Waals surface area (Å²) in [7, 11) is -3.25. The molecular formula is C24H26ClN3O3S2. The highest BCUT2D eigenvalue weighted by molar-refractivity contribution is 7.90. The average Bonchev–Trinajstić information content (AvgIpc) is 3.46. The van der Waals surface area contributed by atoms with Crippen LogP contribution in [0.3, 0.4) is 0 Å². The molecule has 3 aromatic rings. The van der Waals surface area contributed by atoms with Crippen LogP contribution in [0.15, 0.2) is 47.4 Å². The predicted molar refractivity (Wildman–Crippen MR) is 133 cm³/mol. The molecule has 2 aliphatic rings. The Labute approximate surface area is 203 Å². The molecule has 1 aliphatic carbocycles. The topological polar surface area (TPSA) is 70.6 Å². The van der Waals surface area contributed by atoms with Crippen molar-refractivity contribution in [3.8, 4) is 0 Å². The molecule has 2 heterocycles. The first-order chi connectivity index (χ1) is 15.8. The van der Waals surface area contributed by atoms with Gasteiger partial charge in [0.25, 0.3) is 0 Å². The minimum absolute atomic E-state index is 0.226. The molecule has 1 saturated carbocycles. The van der Waals surface area contributed by atoms with Crippen molar-refractivity contribution >= 4 is 54.0 Å². The van der Waals surface area contributed by atoms with E-state index in [0.717, 1.165) is 46.6 Å². The van der Waals surface area contributed by atoms with Gasteiger partial charge in [-0.3, -0.25) is 4.79 Å². The molecule has 33 heavy (non-hydrogen) atoms. The lowest BCUT2D eigenvalue weighted by Gasteiger charge is -2.40. The number of amides is 1. The van der Waals surface area contributed by atoms with E-state index in [1.165, 1.54) is 17.6 Å². The van der Waals surface area contributed by atoms with E-state index in [1.54, 1.807) is 18.2 Å². The molecule has 0 bridgehead atoms. The zero-order valence-electron chi connectivity index (χ0n) is 18.5. The number of hydrogen-bond acceptors (Lipinski definition) is 6. The van der Waals surface area contributed by atoms with Gasteiger partial charge in [-0.1, -0.05) is 47.9 Å². The van der Waals surface area contributed by atoms with E-state index in [9.17, 15) is 13.2 Å². The van der Waals surface area contributed by atoms with E-state index >= 15 is 0 Å². The average molecular weight is 504 g/mol. The predicted octanol–water partition coefficient (Wildman–Crippen LogP) is 4.51. The zero-order valence-corrected chi connectivity index (χ0v) is 20.8. The van der Waals surface area contributed by atoms with Gasteiger partial charge in [-0.05, 0) is 48.7 Å². The van der Waals surface area contributed by atoms with Gasteiger partial charge in [0.1, 0.15) is 0 Å². The van der Waals surface area contributed by atoms with E-state index in [0.29, 0.717) is 36.1 Å². The lowest BCUT2D eigenvalue weighted by molar-refractivity contribution is -0.137. The van der Waals surface area contributed by atoms with Gasteiger partial charge in [-0.25, -0.2) is 13.4 Å². The highest BCUT2D eigenvalue weighted by atomic mass is 35.5. The van der Waals surface area contributed by atoms with Crippen LogP contribution in [-0.4, -0.2) is 56.6 Å². The Morgan fingerprint density at radius 2 is 1.70 bits per heavy atom. The fourth-order valence-corrected chi connectivity index (χ4v) is 6.94. The van der Waals surface area contributed by atoms with Gasteiger partial charge in [0.15, 0.2) is 15.0 Å². The smallest absolute Gasteiger partial charge is 0.233 e. The highest BCUT2D eigenvalue weighted by Crippen LogP contribution is 2.43. The minimum atomic E-state index is -3.25. The molecule has 6 nitrogen and oxygen atoms in total. The highest BCUT2D eigenvalue weighted by Gasteiger charge is 2.45. The summed E-state index contributed by atoms with van der Waals surface area (Å²) in [5.74, 6) is 0.226. The normalized spacial score (nSPS) is 18.7. The van der Waals surface area contributed by atoms with Crippen LogP contribution in [-0.2, 0) is 20.0 Å². The van der Waals surface area contributed by atoms with Crippen LogP contribution in [0.2, 0.25) is 5.02 Å². The molecule has 1 aromatic heterocycles. The van der Waals surface area contributed by atoms with Crippen LogP contribution in [0, 0.1) is 0 Å². The minimum Gasteiger partial charge on any atom is -0.345 e. The number of hydrogen-bond donors (Lipinski definition) is 0. The third-order valence-corrected chi connectivity index (χ3v) is 9.32. The van der Waals surface area contributed by atoms with Crippen molar-refractivity contribution < 1.29 is 13.2 Å². The molecule has 1 amide bonds. The SMILES string of the molecule is CS(=O)(=O)c1ccc2nc(N3CCN(C(=O)C4(c5ccc(Cl)cc5)CCCC4)CC3)sc2c1. The third-order valence-electron chi connectivity index (χ3n) is 6.88. The van der Waals surface area contributed by atoms with E-state index < -0.39 is 15.3 Å². The van der Waals surface area contributed by atoms with Crippen LogP contribution in [0.25, 0.3) is 10.2 Å². The van der Waals surface area contributed by atoms with Gasteiger partial charge in [0, 0.05) is 37.5 Å². The second-order valence-electron chi connectivity index (χ2n) is 8.97. The quantitative estimate of drug-likeness (QED) is 0.523. The monoisotopic (exact) mass is 503 g/mol. The Kier molecular flexibility index (Phi) is 5.87. The van der Waals surface area contributed by atoms with Crippen molar-refractivity contribution in [2.24, 2.45) is 0 Å². The van der Waals surface area contributed by atoms with Crippen molar-refractivity contribution in [3.05, 3.63) is 53.1 Å². The van der Waals surface area contributed by atoms with E-state index in [2.05, 4.69) is 4.90 Å². The Morgan fingerprint density at radius 3 is 2.33 bits per heavy atom. The number of aromatic nitrogens is 1. The second-order valence-corrected chi connectivity index (χ2v) is 12.4. The number of benzene rings is 2. The zero-order chi connectivity index (χ0) is 23.2. The van der Waals surface area contributed by atoms with Crippen LogP contribution < -0.4 is 4.90 Å². The van der Waals surface area contributed by atoms with Crippen molar-refractivity contribution in [3.63, 3.8) is 0 Å². The molecule has 0 N–H and O–H groups in total. The van der Waals surface area contributed by atoms with Gasteiger partial charge in [-0.2, -0.15) is 0 Å². The maximum atomic E-state index is 13.7. The summed E-state index contributed by atoms with van der Waals surface area (Å²) in [5, 5.41) is 1.56. The first-order valence-corrected chi connectivity index (χ1v) is 14.3. The summed E-state index contributed by atoms with van der Waals surface area (Å²) in [4.78, 5) is 22.9. The summed E-state index contributed by atoms with van der Waals surface area (Å²) in [6.45, 7) is 2.72. The molecule has 9 heteroatoms. The molecule has 0 atom stereocenters. The number of carbonyl (C=O) groups is 1. The van der Waals surface area contributed by atoms with Gasteiger partial charge in [0.05, 0.1) is 20.5 Å². The van der Waals surface area contributed by atoms with E-state index in [-0.39, 0.29) is 5.91 Å². The van der Waals surface area contributed by atoms with Crippen molar-refractivity contribution in [2.45, 2.75) is 36.0 Å². The summed E-state index contributed by atoms with van der Waals surface area (Å²) in [6, 6.07) is 12.8. The first kappa shape index (κ1) is 22.6. The Morgan fingerprint density at radius 1 is 1.03 bits per heavy atom. The summed E-state index contributed by atoms with van der Waals surface area (Å²) in [5.41, 5.74) is 1.43. The molecule has 5 rings (SSSR count). The number of nitrogens with zero attached hydrogens (tertiary/aromatic N) is 3. The summed E-state index contributed by atoms with van der Waals surface area (Å²) >= 11 is 7.59. The molecule has 0 spiro atoms. The Bertz CT molecular complexity index is 1290. The van der Waals surface area contributed by atoms with E-state index in [4.69, 9.17) is 16.6 Å². The molecule has 0 unspecified atom stereocenters. The maximum Gasteiger partial charge on any atom is 0.233 e. The van der Waals surface area contributed by atoms with Crippen LogP contribution >= 0.6 is 22.9 Å². The van der Waals surface area contributed by atoms with Crippen LogP contribution in [0.4, 0.5) is 5.13 Å². The molecular weight excluding hydrogens is 478 g/mol. The molecule has 1 aliphatic heterocycles. The molecule has 174 valence electrons. The molecule has 1 saturated heterocycles. The molecule has 2 fully saturated rings. The Balaban J connectivity index is 1.32. The lowest BCUT2D eigenvalue weighted by Crippen LogP contribution is -2.54. The lowest BCUT2D eigenvalue weighted by atomic mass is 9.77. The van der Waals surface area contributed by atoms with Gasteiger partial charge < -0.3 is 9.80 Å². The van der Waals surface area contributed by atoms with Crippen molar-refractivity contribution in [2.75, 3.05) is 37.3 Å².